The van der Waals surface area contributed by atoms with Gasteiger partial charge in [0.25, 0.3) is 0 Å². The number of rotatable bonds is 3. The van der Waals surface area contributed by atoms with Crippen LogP contribution in [0.1, 0.15) is 11.3 Å². The first-order chi connectivity index (χ1) is 9.31. The third-order valence-corrected chi connectivity index (χ3v) is 3.81. The van der Waals surface area contributed by atoms with Crippen LogP contribution in [0.2, 0.25) is 0 Å². The molecule has 1 heterocycles. The Bertz CT molecular complexity index is 676. The van der Waals surface area contributed by atoms with Crippen molar-refractivity contribution in [2.75, 3.05) is 0 Å². The van der Waals surface area contributed by atoms with E-state index in [1.807, 2.05) is 30.3 Å². The van der Waals surface area contributed by atoms with Crippen molar-refractivity contribution in [3.05, 3.63) is 71.2 Å². The van der Waals surface area contributed by atoms with Crippen LogP contribution >= 0.6 is 11.3 Å². The number of thiazole rings is 1. The molecule has 0 aliphatic heterocycles. The summed E-state index contributed by atoms with van der Waals surface area (Å²) in [7, 11) is 0. The summed E-state index contributed by atoms with van der Waals surface area (Å²) in [6.45, 7) is 0. The molecule has 0 radical (unpaired) electrons. The molecule has 3 heteroatoms. The minimum atomic E-state index is 0.275. The monoisotopic (exact) mass is 267 g/mol. The largest absolute Gasteiger partial charge is 0.508 e. The number of nitrogens with zero attached hydrogens (tertiary/aromatic N) is 1. The Morgan fingerprint density at radius 2 is 1.84 bits per heavy atom. The molecule has 0 spiro atoms. The number of aromatic hydroxyl groups is 1. The highest BCUT2D eigenvalue weighted by molar-refractivity contribution is 7.13. The number of benzene rings is 2. The molecule has 3 aromatic rings. The number of phenolic OH excluding ortho intramolecular Hbond substituents is 1. The van der Waals surface area contributed by atoms with Crippen LogP contribution < -0.4 is 0 Å². The Labute approximate surface area is 116 Å². The van der Waals surface area contributed by atoms with E-state index < -0.39 is 0 Å². The number of aromatic nitrogens is 1. The van der Waals surface area contributed by atoms with Crippen LogP contribution in [0, 0.1) is 0 Å². The molecule has 0 fully saturated rings. The van der Waals surface area contributed by atoms with Crippen LogP contribution in [0.25, 0.3) is 10.6 Å². The first kappa shape index (κ1) is 11.9. The third-order valence-electron chi connectivity index (χ3n) is 2.87. The molecule has 1 N–H and O–H groups in total. The lowest BCUT2D eigenvalue weighted by molar-refractivity contribution is 0.475. The maximum Gasteiger partial charge on any atom is 0.123 e. The molecule has 0 saturated carbocycles. The minimum Gasteiger partial charge on any atom is -0.508 e. The van der Waals surface area contributed by atoms with Gasteiger partial charge in [0.1, 0.15) is 10.8 Å². The summed E-state index contributed by atoms with van der Waals surface area (Å²) in [4.78, 5) is 4.62. The van der Waals surface area contributed by atoms with Crippen LogP contribution in [-0.2, 0) is 6.42 Å². The summed E-state index contributed by atoms with van der Waals surface area (Å²) >= 11 is 1.61. The van der Waals surface area contributed by atoms with Crippen LogP contribution in [0.15, 0.2) is 60.0 Å². The predicted molar refractivity (Wildman–Crippen MR) is 78.5 cm³/mol. The summed E-state index contributed by atoms with van der Waals surface area (Å²) in [5, 5.41) is 12.5. The van der Waals surface area contributed by atoms with E-state index in [1.165, 1.54) is 5.56 Å². The van der Waals surface area contributed by atoms with Crippen molar-refractivity contribution in [2.45, 2.75) is 6.42 Å². The van der Waals surface area contributed by atoms with Gasteiger partial charge in [0.05, 0.1) is 5.69 Å². The van der Waals surface area contributed by atoms with Gasteiger partial charge in [0, 0.05) is 17.4 Å². The second-order valence-electron chi connectivity index (χ2n) is 4.36. The highest BCUT2D eigenvalue weighted by atomic mass is 32.1. The Morgan fingerprint density at radius 3 is 2.63 bits per heavy atom. The lowest BCUT2D eigenvalue weighted by Crippen LogP contribution is -1.87. The van der Waals surface area contributed by atoms with Gasteiger partial charge in [0.15, 0.2) is 0 Å². The van der Waals surface area contributed by atoms with Gasteiger partial charge in [-0.15, -0.1) is 11.3 Å². The van der Waals surface area contributed by atoms with Gasteiger partial charge in [-0.1, -0.05) is 42.5 Å². The molecule has 0 amide bonds. The predicted octanol–water partition coefficient (Wildman–Crippen LogP) is 4.11. The van der Waals surface area contributed by atoms with E-state index in [9.17, 15) is 5.11 Å². The zero-order valence-electron chi connectivity index (χ0n) is 10.3. The molecule has 0 aliphatic carbocycles. The summed E-state index contributed by atoms with van der Waals surface area (Å²) in [6, 6.07) is 17.5. The van der Waals surface area contributed by atoms with E-state index >= 15 is 0 Å². The Hall–Kier alpha value is -2.13. The quantitative estimate of drug-likeness (QED) is 0.774. The van der Waals surface area contributed by atoms with Crippen LogP contribution in [-0.4, -0.2) is 10.1 Å². The van der Waals surface area contributed by atoms with Crippen LogP contribution in [0.5, 0.6) is 5.75 Å². The van der Waals surface area contributed by atoms with Gasteiger partial charge in [-0.2, -0.15) is 0 Å². The van der Waals surface area contributed by atoms with Gasteiger partial charge in [-0.25, -0.2) is 4.98 Å². The van der Waals surface area contributed by atoms with Gasteiger partial charge >= 0.3 is 0 Å². The molecule has 0 saturated heterocycles. The van der Waals surface area contributed by atoms with E-state index in [0.717, 1.165) is 22.7 Å². The second-order valence-corrected chi connectivity index (χ2v) is 5.21. The SMILES string of the molecule is Oc1cccc(-c2nc(Cc3ccccc3)cs2)c1. The fraction of sp³-hybridized carbons (Fsp3) is 0.0625. The highest BCUT2D eigenvalue weighted by Crippen LogP contribution is 2.27. The normalized spacial score (nSPS) is 10.5. The number of hydrogen-bond donors (Lipinski definition) is 1. The zero-order chi connectivity index (χ0) is 13.1. The summed E-state index contributed by atoms with van der Waals surface area (Å²) < 4.78 is 0. The van der Waals surface area contributed by atoms with Crippen molar-refractivity contribution in [3.63, 3.8) is 0 Å². The summed E-state index contributed by atoms with van der Waals surface area (Å²) in [6.07, 6.45) is 0.843. The Balaban J connectivity index is 1.84. The third kappa shape index (κ3) is 2.83. The van der Waals surface area contributed by atoms with Crippen LogP contribution in [0.4, 0.5) is 0 Å². The molecule has 3 rings (SSSR count). The second kappa shape index (κ2) is 5.24. The van der Waals surface area contributed by atoms with Gasteiger partial charge < -0.3 is 5.11 Å². The molecule has 0 unspecified atom stereocenters. The molecule has 2 aromatic carbocycles. The standard InChI is InChI=1S/C16H13NOS/c18-15-8-4-7-13(10-15)16-17-14(11-19-16)9-12-5-2-1-3-6-12/h1-8,10-11,18H,9H2. The average Bonchev–Trinajstić information content (AvgIpc) is 2.88. The molecular formula is C16H13NOS. The van der Waals surface area contributed by atoms with Crippen molar-refractivity contribution >= 4 is 11.3 Å². The zero-order valence-corrected chi connectivity index (χ0v) is 11.1. The molecule has 94 valence electrons. The maximum atomic E-state index is 9.49. The van der Waals surface area contributed by atoms with E-state index in [-0.39, 0.29) is 5.75 Å². The number of hydrogen-bond acceptors (Lipinski definition) is 3. The molecule has 19 heavy (non-hydrogen) atoms. The van der Waals surface area contributed by atoms with Gasteiger partial charge in [-0.3, -0.25) is 0 Å². The Kier molecular flexibility index (Phi) is 3.29. The van der Waals surface area contributed by atoms with Crippen LogP contribution in [0.3, 0.4) is 0 Å². The lowest BCUT2D eigenvalue weighted by Gasteiger charge is -1.98. The first-order valence-corrected chi connectivity index (χ1v) is 6.97. The average molecular weight is 267 g/mol. The van der Waals surface area contributed by atoms with Gasteiger partial charge in [-0.05, 0) is 17.7 Å². The minimum absolute atomic E-state index is 0.275. The molecule has 2 nitrogen and oxygen atoms in total. The lowest BCUT2D eigenvalue weighted by atomic mass is 10.1. The molecular weight excluding hydrogens is 254 g/mol. The first-order valence-electron chi connectivity index (χ1n) is 6.09. The van der Waals surface area contributed by atoms with Crippen molar-refractivity contribution in [3.8, 4) is 16.3 Å². The topological polar surface area (TPSA) is 33.1 Å². The highest BCUT2D eigenvalue weighted by Gasteiger charge is 2.06. The molecule has 0 atom stereocenters. The Morgan fingerprint density at radius 1 is 1.00 bits per heavy atom. The van der Waals surface area contributed by atoms with Gasteiger partial charge in [0.2, 0.25) is 0 Å². The molecule has 0 bridgehead atoms. The maximum absolute atomic E-state index is 9.49. The fourth-order valence-electron chi connectivity index (χ4n) is 1.96. The summed E-state index contributed by atoms with van der Waals surface area (Å²) in [5.74, 6) is 0.275. The van der Waals surface area contributed by atoms with Crippen molar-refractivity contribution in [1.82, 2.24) is 4.98 Å². The molecule has 1 aromatic heterocycles. The van der Waals surface area contributed by atoms with Crippen molar-refractivity contribution < 1.29 is 5.11 Å². The van der Waals surface area contributed by atoms with E-state index in [4.69, 9.17) is 0 Å². The summed E-state index contributed by atoms with van der Waals surface area (Å²) in [5.41, 5.74) is 3.29. The molecule has 0 aliphatic rings. The van der Waals surface area contributed by atoms with E-state index in [0.29, 0.717) is 0 Å². The van der Waals surface area contributed by atoms with E-state index in [2.05, 4.69) is 22.5 Å². The fourth-order valence-corrected chi connectivity index (χ4v) is 2.78. The van der Waals surface area contributed by atoms with Crippen molar-refractivity contribution in [2.24, 2.45) is 0 Å². The van der Waals surface area contributed by atoms with E-state index in [1.54, 1.807) is 23.5 Å². The van der Waals surface area contributed by atoms with Crippen molar-refractivity contribution in [1.29, 1.82) is 0 Å². The smallest absolute Gasteiger partial charge is 0.123 e. The number of phenols is 1.